The number of hydrogen-bond acceptors (Lipinski definition) is 4. The van der Waals surface area contributed by atoms with Crippen molar-refractivity contribution in [1.82, 2.24) is 9.36 Å². The molecule has 94 valence electrons. The van der Waals surface area contributed by atoms with E-state index < -0.39 is 28.9 Å². The van der Waals surface area contributed by atoms with Crippen molar-refractivity contribution in [3.63, 3.8) is 0 Å². The summed E-state index contributed by atoms with van der Waals surface area (Å²) in [5.41, 5.74) is -0.983. The predicted molar refractivity (Wildman–Crippen MR) is 58.9 cm³/mol. The van der Waals surface area contributed by atoms with Gasteiger partial charge in [-0.2, -0.15) is 4.37 Å². The molecule has 0 atom stereocenters. The molecule has 2 rings (SSSR count). The summed E-state index contributed by atoms with van der Waals surface area (Å²) in [5, 5.41) is 2.23. The van der Waals surface area contributed by atoms with Gasteiger partial charge in [0.15, 0.2) is 11.6 Å². The molecule has 0 saturated carbocycles. The van der Waals surface area contributed by atoms with Crippen LogP contribution >= 0.6 is 11.5 Å². The largest absolute Gasteiger partial charge is 0.296 e. The molecule has 0 unspecified atom stereocenters. The number of benzene rings is 1. The molecule has 1 amide bonds. The highest BCUT2D eigenvalue weighted by atomic mass is 32.1. The van der Waals surface area contributed by atoms with E-state index in [1.807, 2.05) is 0 Å². The maximum absolute atomic E-state index is 13.3. The van der Waals surface area contributed by atoms with E-state index in [9.17, 15) is 18.0 Å². The van der Waals surface area contributed by atoms with Crippen LogP contribution in [0.25, 0.3) is 0 Å². The zero-order chi connectivity index (χ0) is 13.3. The van der Waals surface area contributed by atoms with Crippen molar-refractivity contribution in [2.45, 2.75) is 6.92 Å². The van der Waals surface area contributed by atoms with E-state index in [0.717, 1.165) is 11.5 Å². The number of halogens is 3. The number of rotatable bonds is 2. The quantitative estimate of drug-likeness (QED) is 0.855. The Kier molecular flexibility index (Phi) is 3.28. The van der Waals surface area contributed by atoms with Crippen LogP contribution in [0.4, 0.5) is 18.3 Å². The van der Waals surface area contributed by atoms with Crippen LogP contribution in [-0.2, 0) is 0 Å². The molecule has 0 radical (unpaired) electrons. The van der Waals surface area contributed by atoms with E-state index in [4.69, 9.17) is 0 Å². The van der Waals surface area contributed by atoms with E-state index in [2.05, 4.69) is 14.7 Å². The maximum atomic E-state index is 13.3. The molecule has 0 spiro atoms. The molecule has 8 heteroatoms. The fourth-order valence-electron chi connectivity index (χ4n) is 1.24. The summed E-state index contributed by atoms with van der Waals surface area (Å²) in [4.78, 5) is 15.4. The highest BCUT2D eigenvalue weighted by molar-refractivity contribution is 7.09. The molecule has 0 aliphatic heterocycles. The summed E-state index contributed by atoms with van der Waals surface area (Å²) >= 11 is 0.857. The standard InChI is InChI=1S/C10H6F3N3OS/c1-4-14-10(18-16-4)15-9(17)7-5(11)2-3-6(12)8(7)13/h2-3H,1H3,(H,14,15,16,17). The Morgan fingerprint density at radius 3 is 2.56 bits per heavy atom. The second kappa shape index (κ2) is 4.73. The van der Waals surface area contributed by atoms with Gasteiger partial charge in [-0.05, 0) is 19.1 Å². The molecule has 1 aromatic carbocycles. The summed E-state index contributed by atoms with van der Waals surface area (Å²) < 4.78 is 43.3. The Morgan fingerprint density at radius 2 is 1.94 bits per heavy atom. The minimum absolute atomic E-state index is 0.0839. The average Bonchev–Trinajstić information content (AvgIpc) is 2.70. The molecule has 0 saturated heterocycles. The maximum Gasteiger partial charge on any atom is 0.263 e. The number of nitrogens with one attached hydrogen (secondary N) is 1. The third kappa shape index (κ3) is 2.33. The first-order valence-electron chi connectivity index (χ1n) is 4.74. The highest BCUT2D eigenvalue weighted by Crippen LogP contribution is 2.18. The SMILES string of the molecule is Cc1nsc(NC(=O)c2c(F)ccc(F)c2F)n1. The number of aromatic nitrogens is 2. The van der Waals surface area contributed by atoms with Crippen LogP contribution in [0, 0.1) is 24.4 Å². The minimum Gasteiger partial charge on any atom is -0.296 e. The summed E-state index contributed by atoms with van der Waals surface area (Å²) in [7, 11) is 0. The zero-order valence-corrected chi connectivity index (χ0v) is 9.82. The minimum atomic E-state index is -1.53. The topological polar surface area (TPSA) is 54.9 Å². The third-order valence-electron chi connectivity index (χ3n) is 2.02. The fourth-order valence-corrected chi connectivity index (χ4v) is 1.81. The molecule has 2 aromatic rings. The molecular weight excluding hydrogens is 267 g/mol. The molecule has 4 nitrogen and oxygen atoms in total. The van der Waals surface area contributed by atoms with Gasteiger partial charge in [0.1, 0.15) is 17.2 Å². The lowest BCUT2D eigenvalue weighted by molar-refractivity contribution is 0.101. The van der Waals surface area contributed by atoms with Gasteiger partial charge in [-0.25, -0.2) is 18.2 Å². The second-order valence-corrected chi connectivity index (χ2v) is 4.07. The Bertz CT molecular complexity index is 614. The first-order valence-corrected chi connectivity index (χ1v) is 5.51. The number of amides is 1. The molecule has 1 aromatic heterocycles. The van der Waals surface area contributed by atoms with Crippen molar-refractivity contribution in [3.05, 3.63) is 41.0 Å². The molecular formula is C10H6F3N3OS. The van der Waals surface area contributed by atoms with Gasteiger partial charge in [0.25, 0.3) is 5.91 Å². The molecule has 0 aliphatic carbocycles. The van der Waals surface area contributed by atoms with Crippen molar-refractivity contribution < 1.29 is 18.0 Å². The Morgan fingerprint density at radius 1 is 1.28 bits per heavy atom. The molecule has 1 heterocycles. The lowest BCUT2D eigenvalue weighted by Crippen LogP contribution is -2.16. The lowest BCUT2D eigenvalue weighted by atomic mass is 10.2. The molecule has 1 N–H and O–H groups in total. The van der Waals surface area contributed by atoms with Crippen LogP contribution in [-0.4, -0.2) is 15.3 Å². The lowest BCUT2D eigenvalue weighted by Gasteiger charge is -2.04. The fraction of sp³-hybridized carbons (Fsp3) is 0.100. The first kappa shape index (κ1) is 12.5. The van der Waals surface area contributed by atoms with Gasteiger partial charge in [-0.3, -0.25) is 10.1 Å². The van der Waals surface area contributed by atoms with Crippen LogP contribution in [0.2, 0.25) is 0 Å². The summed E-state index contributed by atoms with van der Waals surface area (Å²) in [6, 6.07) is 1.29. The zero-order valence-electron chi connectivity index (χ0n) is 9.00. The van der Waals surface area contributed by atoms with Gasteiger partial charge in [0.05, 0.1) is 0 Å². The van der Waals surface area contributed by atoms with Gasteiger partial charge in [-0.1, -0.05) is 0 Å². The Hall–Kier alpha value is -1.96. The van der Waals surface area contributed by atoms with E-state index >= 15 is 0 Å². The van der Waals surface area contributed by atoms with Crippen LogP contribution in [0.5, 0.6) is 0 Å². The highest BCUT2D eigenvalue weighted by Gasteiger charge is 2.21. The van der Waals surface area contributed by atoms with Crippen LogP contribution in [0.1, 0.15) is 16.2 Å². The van der Waals surface area contributed by atoms with Crippen molar-refractivity contribution in [3.8, 4) is 0 Å². The third-order valence-corrected chi connectivity index (χ3v) is 2.74. The second-order valence-electron chi connectivity index (χ2n) is 3.32. The molecule has 0 bridgehead atoms. The predicted octanol–water partition coefficient (Wildman–Crippen LogP) is 2.52. The van der Waals surface area contributed by atoms with Crippen LogP contribution < -0.4 is 5.32 Å². The number of carbonyl (C=O) groups excluding carboxylic acids is 1. The normalized spacial score (nSPS) is 10.4. The first-order chi connectivity index (χ1) is 8.49. The molecule has 0 aliphatic rings. The number of anilines is 1. The van der Waals surface area contributed by atoms with Crippen molar-refractivity contribution in [2.24, 2.45) is 0 Å². The van der Waals surface area contributed by atoms with E-state index in [-0.39, 0.29) is 5.13 Å². The molecule has 0 fully saturated rings. The Balaban J connectivity index is 2.32. The summed E-state index contributed by atoms with van der Waals surface area (Å²) in [6.45, 7) is 1.59. The number of hydrogen-bond donors (Lipinski definition) is 1. The van der Waals surface area contributed by atoms with Gasteiger partial charge >= 0.3 is 0 Å². The average molecular weight is 273 g/mol. The van der Waals surface area contributed by atoms with E-state index in [1.54, 1.807) is 6.92 Å². The molecule has 18 heavy (non-hydrogen) atoms. The Labute approximate surface area is 104 Å². The van der Waals surface area contributed by atoms with Crippen molar-refractivity contribution in [2.75, 3.05) is 5.32 Å². The number of aryl methyl sites for hydroxylation is 1. The van der Waals surface area contributed by atoms with E-state index in [1.165, 1.54) is 0 Å². The van der Waals surface area contributed by atoms with Gasteiger partial charge < -0.3 is 0 Å². The summed E-state index contributed by atoms with van der Waals surface area (Å²) in [5.74, 6) is -4.67. The smallest absolute Gasteiger partial charge is 0.263 e. The summed E-state index contributed by atoms with van der Waals surface area (Å²) in [6.07, 6.45) is 0. The monoisotopic (exact) mass is 273 g/mol. The number of nitrogens with zero attached hydrogens (tertiary/aromatic N) is 2. The van der Waals surface area contributed by atoms with Crippen LogP contribution in [0.15, 0.2) is 12.1 Å². The van der Waals surface area contributed by atoms with Gasteiger partial charge in [0, 0.05) is 11.5 Å². The van der Waals surface area contributed by atoms with Crippen molar-refractivity contribution in [1.29, 1.82) is 0 Å². The van der Waals surface area contributed by atoms with Crippen molar-refractivity contribution >= 4 is 22.6 Å². The number of carbonyl (C=O) groups is 1. The van der Waals surface area contributed by atoms with Crippen LogP contribution in [0.3, 0.4) is 0 Å². The van der Waals surface area contributed by atoms with Gasteiger partial charge in [-0.15, -0.1) is 0 Å². The van der Waals surface area contributed by atoms with E-state index in [0.29, 0.717) is 18.0 Å². The van der Waals surface area contributed by atoms with Gasteiger partial charge in [0.2, 0.25) is 5.13 Å².